The second-order valence-corrected chi connectivity index (χ2v) is 9.22. The summed E-state index contributed by atoms with van der Waals surface area (Å²) >= 11 is 0. The molecule has 0 aliphatic carbocycles. The molecule has 0 fully saturated rings. The number of primary amides is 1. The van der Waals surface area contributed by atoms with Crippen molar-refractivity contribution >= 4 is 23.3 Å². The Morgan fingerprint density at radius 3 is 2.68 bits per heavy atom. The smallest absolute Gasteiger partial charge is 0.255 e. The number of nitrogens with zero attached hydrogens (tertiary/aromatic N) is 2. The van der Waals surface area contributed by atoms with E-state index >= 15 is 0 Å². The minimum Gasteiger partial charge on any atom is -0.496 e. The maximum Gasteiger partial charge on any atom is 0.255 e. The van der Waals surface area contributed by atoms with Gasteiger partial charge in [0.1, 0.15) is 22.8 Å². The van der Waals surface area contributed by atoms with Crippen molar-refractivity contribution in [1.82, 2.24) is 15.1 Å². The first-order valence-electron chi connectivity index (χ1n) is 12.1. The number of rotatable bonds is 6. The molecule has 188 valence electrons. The number of carbonyl (C=O) groups excluding carboxylic acids is 2. The van der Waals surface area contributed by atoms with Crippen LogP contribution in [0.5, 0.6) is 5.75 Å². The molecule has 0 radical (unpaired) electrons. The second kappa shape index (κ2) is 9.81. The zero-order valence-corrected chi connectivity index (χ0v) is 21.1. The SMILES string of the molecule is COc1cc(C)ccc1C(=O)NCc1ccc(-c2nn3c(c2C(N)=O)Nc2ccccc2CC3)cc1C. The zero-order valence-electron chi connectivity index (χ0n) is 21.1. The summed E-state index contributed by atoms with van der Waals surface area (Å²) in [4.78, 5) is 25.4. The molecule has 0 bridgehead atoms. The number of hydrogen-bond acceptors (Lipinski definition) is 5. The first kappa shape index (κ1) is 24.1. The number of fused-ring (bicyclic) bond motifs is 2. The van der Waals surface area contributed by atoms with Crippen LogP contribution in [-0.2, 0) is 19.5 Å². The van der Waals surface area contributed by atoms with Gasteiger partial charge in [-0.1, -0.05) is 36.4 Å². The molecule has 0 atom stereocenters. The Morgan fingerprint density at radius 1 is 1.11 bits per heavy atom. The quantitative estimate of drug-likeness (QED) is 0.365. The van der Waals surface area contributed by atoms with Crippen LogP contribution in [0.25, 0.3) is 11.3 Å². The van der Waals surface area contributed by atoms with Gasteiger partial charge in [-0.25, -0.2) is 4.68 Å². The number of anilines is 2. The fourth-order valence-electron chi connectivity index (χ4n) is 4.70. The van der Waals surface area contributed by atoms with E-state index < -0.39 is 5.91 Å². The highest BCUT2D eigenvalue weighted by atomic mass is 16.5. The van der Waals surface area contributed by atoms with Crippen LogP contribution in [0.3, 0.4) is 0 Å². The molecule has 8 nitrogen and oxygen atoms in total. The van der Waals surface area contributed by atoms with Gasteiger partial charge in [0.15, 0.2) is 0 Å². The lowest BCUT2D eigenvalue weighted by molar-refractivity contribution is 0.0946. The molecule has 0 saturated heterocycles. The van der Waals surface area contributed by atoms with Gasteiger partial charge in [-0.15, -0.1) is 0 Å². The summed E-state index contributed by atoms with van der Waals surface area (Å²) in [6, 6.07) is 19.3. The summed E-state index contributed by atoms with van der Waals surface area (Å²) in [5, 5.41) is 11.1. The maximum atomic E-state index is 12.8. The highest BCUT2D eigenvalue weighted by molar-refractivity contribution is 6.04. The van der Waals surface area contributed by atoms with Crippen molar-refractivity contribution in [2.24, 2.45) is 5.73 Å². The normalized spacial score (nSPS) is 12.1. The van der Waals surface area contributed by atoms with E-state index in [1.807, 2.05) is 67.1 Å². The van der Waals surface area contributed by atoms with E-state index in [2.05, 4.69) is 16.7 Å². The van der Waals surface area contributed by atoms with Gasteiger partial charge in [0, 0.05) is 24.3 Å². The van der Waals surface area contributed by atoms with Crippen LogP contribution < -0.4 is 21.1 Å². The van der Waals surface area contributed by atoms with Gasteiger partial charge in [-0.05, 0) is 66.8 Å². The number of methoxy groups -OCH3 is 1. The van der Waals surface area contributed by atoms with Crippen LogP contribution in [0, 0.1) is 13.8 Å². The molecule has 0 saturated carbocycles. The fourth-order valence-corrected chi connectivity index (χ4v) is 4.70. The Morgan fingerprint density at radius 2 is 1.92 bits per heavy atom. The molecule has 2 heterocycles. The van der Waals surface area contributed by atoms with Crippen LogP contribution in [0.1, 0.15) is 43.0 Å². The van der Waals surface area contributed by atoms with Gasteiger partial charge < -0.3 is 21.1 Å². The van der Waals surface area contributed by atoms with Gasteiger partial charge in [0.05, 0.1) is 12.7 Å². The number of aryl methyl sites for hydroxylation is 4. The summed E-state index contributed by atoms with van der Waals surface area (Å²) in [6.45, 7) is 4.90. The molecule has 3 aromatic carbocycles. The molecule has 0 unspecified atom stereocenters. The van der Waals surface area contributed by atoms with Crippen molar-refractivity contribution < 1.29 is 14.3 Å². The Balaban J connectivity index is 1.40. The van der Waals surface area contributed by atoms with Gasteiger partial charge >= 0.3 is 0 Å². The lowest BCUT2D eigenvalue weighted by Crippen LogP contribution is -2.23. The van der Waals surface area contributed by atoms with E-state index in [4.69, 9.17) is 15.6 Å². The predicted molar refractivity (Wildman–Crippen MR) is 143 cm³/mol. The van der Waals surface area contributed by atoms with Crippen molar-refractivity contribution in [3.63, 3.8) is 0 Å². The molecule has 4 aromatic rings. The largest absolute Gasteiger partial charge is 0.496 e. The van der Waals surface area contributed by atoms with Crippen molar-refractivity contribution in [2.75, 3.05) is 12.4 Å². The number of amides is 2. The predicted octanol–water partition coefficient (Wildman–Crippen LogP) is 4.50. The number of hydrogen-bond donors (Lipinski definition) is 3. The topological polar surface area (TPSA) is 111 Å². The number of benzene rings is 3. The van der Waals surface area contributed by atoms with E-state index in [-0.39, 0.29) is 5.91 Å². The second-order valence-electron chi connectivity index (χ2n) is 9.22. The molecular weight excluding hydrogens is 466 g/mol. The standard InChI is InChI=1S/C29H29N5O3/c1-17-8-11-22(24(14-17)37-3)29(36)31-16-21-10-9-20(15-18(21)2)26-25(27(30)35)28-32-23-7-5-4-6-19(23)12-13-34(28)33-26/h4-11,14-15,32H,12-13,16H2,1-3H3,(H2,30,35)(H,31,36). The number of nitrogens with one attached hydrogen (secondary N) is 2. The highest BCUT2D eigenvalue weighted by Gasteiger charge is 2.26. The molecule has 4 N–H and O–H groups in total. The van der Waals surface area contributed by atoms with Crippen LogP contribution >= 0.6 is 0 Å². The molecule has 2 amide bonds. The number of aromatic nitrogens is 2. The van der Waals surface area contributed by atoms with Gasteiger partial charge in [0.25, 0.3) is 11.8 Å². The first-order valence-corrected chi connectivity index (χ1v) is 12.1. The van der Waals surface area contributed by atoms with Crippen LogP contribution in [0.2, 0.25) is 0 Å². The lowest BCUT2D eigenvalue weighted by Gasteiger charge is -2.12. The van der Waals surface area contributed by atoms with Crippen LogP contribution in [-0.4, -0.2) is 28.7 Å². The average Bonchev–Trinajstić information content (AvgIpc) is 3.15. The first-order chi connectivity index (χ1) is 17.9. The fraction of sp³-hybridized carbons (Fsp3) is 0.207. The van der Waals surface area contributed by atoms with Crippen LogP contribution in [0.4, 0.5) is 11.5 Å². The summed E-state index contributed by atoms with van der Waals surface area (Å²) in [6.07, 6.45) is 0.791. The molecule has 37 heavy (non-hydrogen) atoms. The minimum absolute atomic E-state index is 0.208. The van der Waals surface area contributed by atoms with Crippen LogP contribution in [0.15, 0.2) is 60.7 Å². The molecule has 5 rings (SSSR count). The zero-order chi connectivity index (χ0) is 26.1. The molecule has 0 spiro atoms. The van der Waals surface area contributed by atoms with E-state index in [1.54, 1.807) is 13.2 Å². The van der Waals surface area contributed by atoms with Crippen molar-refractivity contribution in [3.05, 3.63) is 94.0 Å². The number of para-hydroxylation sites is 1. The highest BCUT2D eigenvalue weighted by Crippen LogP contribution is 2.34. The van der Waals surface area contributed by atoms with E-state index in [1.165, 1.54) is 0 Å². The summed E-state index contributed by atoms with van der Waals surface area (Å²) < 4.78 is 7.18. The number of ether oxygens (including phenoxy) is 1. The van der Waals surface area contributed by atoms with Gasteiger partial charge in [0.2, 0.25) is 0 Å². The third-order valence-corrected chi connectivity index (χ3v) is 6.72. The molecule has 8 heteroatoms. The Bertz CT molecular complexity index is 1520. The molecule has 1 aromatic heterocycles. The van der Waals surface area contributed by atoms with E-state index in [0.717, 1.165) is 39.9 Å². The van der Waals surface area contributed by atoms with Crippen molar-refractivity contribution in [1.29, 1.82) is 0 Å². The molecular formula is C29H29N5O3. The lowest BCUT2D eigenvalue weighted by atomic mass is 10.0. The Kier molecular flexibility index (Phi) is 6.40. The monoisotopic (exact) mass is 495 g/mol. The number of carbonyl (C=O) groups is 2. The summed E-state index contributed by atoms with van der Waals surface area (Å²) in [7, 11) is 1.55. The maximum absolute atomic E-state index is 12.8. The molecule has 1 aliphatic rings. The van der Waals surface area contributed by atoms with Crippen molar-refractivity contribution in [3.8, 4) is 17.0 Å². The molecule has 1 aliphatic heterocycles. The third kappa shape index (κ3) is 4.65. The average molecular weight is 496 g/mol. The number of nitrogens with two attached hydrogens (primary N) is 1. The van der Waals surface area contributed by atoms with Crippen molar-refractivity contribution in [2.45, 2.75) is 33.4 Å². The minimum atomic E-state index is -0.538. The summed E-state index contributed by atoms with van der Waals surface area (Å²) in [5.41, 5.74) is 13.1. The third-order valence-electron chi connectivity index (χ3n) is 6.72. The van der Waals surface area contributed by atoms with Gasteiger partial charge in [-0.2, -0.15) is 5.10 Å². The Labute approximate surface area is 215 Å². The summed E-state index contributed by atoms with van der Waals surface area (Å²) in [5.74, 6) is 0.400. The Hall–Kier alpha value is -4.59. The van der Waals surface area contributed by atoms with E-state index in [0.29, 0.717) is 41.5 Å². The van der Waals surface area contributed by atoms with Gasteiger partial charge in [-0.3, -0.25) is 9.59 Å². The van der Waals surface area contributed by atoms with E-state index in [9.17, 15) is 9.59 Å².